The average Bonchev–Trinajstić information content (AvgIpc) is 2.38. The normalized spacial score (nSPS) is 27.9. The van der Waals surface area contributed by atoms with Crippen LogP contribution < -0.4 is 0 Å². The Bertz CT molecular complexity index is 457. The number of rotatable bonds is 0. The Morgan fingerprint density at radius 3 is 2.06 bits per heavy atom. The SMILES string of the molecule is O=C(O)O.OC1(Cl)c2ccccc2C(Cl)C1(Cl)Cl. The molecule has 2 unspecified atom stereocenters. The highest BCUT2D eigenvalue weighted by molar-refractivity contribution is 6.57. The maximum atomic E-state index is 9.96. The Balaban J connectivity index is 0.000000357. The van der Waals surface area contributed by atoms with Crippen molar-refractivity contribution in [2.24, 2.45) is 0 Å². The molecule has 0 fully saturated rings. The van der Waals surface area contributed by atoms with Gasteiger partial charge in [0.1, 0.15) is 0 Å². The lowest BCUT2D eigenvalue weighted by molar-refractivity contribution is 0.120. The molecular formula is C10H8Cl4O4. The Morgan fingerprint density at radius 1 is 1.17 bits per heavy atom. The van der Waals surface area contributed by atoms with E-state index in [0.29, 0.717) is 11.1 Å². The van der Waals surface area contributed by atoms with Gasteiger partial charge in [-0.15, -0.1) is 11.6 Å². The smallest absolute Gasteiger partial charge is 0.450 e. The number of halogens is 4. The molecular weight excluding hydrogens is 326 g/mol. The fourth-order valence-electron chi connectivity index (χ4n) is 1.56. The molecule has 0 saturated carbocycles. The topological polar surface area (TPSA) is 77.8 Å². The summed E-state index contributed by atoms with van der Waals surface area (Å²) in [6.45, 7) is 0. The van der Waals surface area contributed by atoms with Crippen molar-refractivity contribution in [3.05, 3.63) is 35.4 Å². The fraction of sp³-hybridized carbons (Fsp3) is 0.300. The van der Waals surface area contributed by atoms with Crippen molar-refractivity contribution in [3.63, 3.8) is 0 Å². The molecule has 0 saturated heterocycles. The highest BCUT2D eigenvalue weighted by Crippen LogP contribution is 2.61. The van der Waals surface area contributed by atoms with Gasteiger partial charge in [-0.25, -0.2) is 4.79 Å². The summed E-state index contributed by atoms with van der Waals surface area (Å²) in [4.78, 5) is 8.56. The Kier molecular flexibility index (Phi) is 4.62. The molecule has 8 heteroatoms. The molecule has 1 aliphatic rings. The van der Waals surface area contributed by atoms with Gasteiger partial charge in [-0.05, 0) is 5.56 Å². The van der Waals surface area contributed by atoms with Crippen LogP contribution in [0, 0.1) is 0 Å². The van der Waals surface area contributed by atoms with Crippen molar-refractivity contribution in [2.75, 3.05) is 0 Å². The van der Waals surface area contributed by atoms with Gasteiger partial charge >= 0.3 is 6.16 Å². The molecule has 18 heavy (non-hydrogen) atoms. The summed E-state index contributed by atoms with van der Waals surface area (Å²) < 4.78 is -1.61. The zero-order valence-electron chi connectivity index (χ0n) is 8.65. The van der Waals surface area contributed by atoms with E-state index in [1.54, 1.807) is 24.3 Å². The second-order valence-corrected chi connectivity index (χ2v) is 5.85. The van der Waals surface area contributed by atoms with Gasteiger partial charge in [0.2, 0.25) is 0 Å². The van der Waals surface area contributed by atoms with E-state index in [1.807, 2.05) is 0 Å². The van der Waals surface area contributed by atoms with E-state index in [4.69, 9.17) is 61.4 Å². The molecule has 1 aromatic rings. The first-order valence-electron chi connectivity index (χ1n) is 4.56. The standard InChI is InChI=1S/C9H6Cl4O.CH2O3/c10-7-5-3-1-2-4-6(5)9(13,14)8(7,11)12;2-1(3)4/h1-4,7,14H;(H2,2,3,4). The third-order valence-corrected chi connectivity index (χ3v) is 4.82. The van der Waals surface area contributed by atoms with Crippen LogP contribution in [0.1, 0.15) is 16.5 Å². The lowest BCUT2D eigenvalue weighted by atomic mass is 10.1. The largest absolute Gasteiger partial charge is 0.503 e. The monoisotopic (exact) mass is 332 g/mol. The third kappa shape index (κ3) is 2.63. The lowest BCUT2D eigenvalue weighted by Gasteiger charge is -2.28. The van der Waals surface area contributed by atoms with Crippen LogP contribution in [0.2, 0.25) is 0 Å². The first-order valence-corrected chi connectivity index (χ1v) is 6.14. The fourth-order valence-corrected chi connectivity index (χ4v) is 2.69. The van der Waals surface area contributed by atoms with Crippen molar-refractivity contribution >= 4 is 52.6 Å². The van der Waals surface area contributed by atoms with E-state index >= 15 is 0 Å². The number of fused-ring (bicyclic) bond motifs is 1. The quantitative estimate of drug-likeness (QED) is 0.632. The van der Waals surface area contributed by atoms with Crippen LogP contribution in [-0.2, 0) is 5.06 Å². The number of carbonyl (C=O) groups is 1. The summed E-state index contributed by atoms with van der Waals surface area (Å²) in [5, 5.41) is 21.4. The van der Waals surface area contributed by atoms with Gasteiger partial charge in [-0.2, -0.15) is 0 Å². The predicted molar refractivity (Wildman–Crippen MR) is 69.9 cm³/mol. The molecule has 1 aromatic carbocycles. The summed E-state index contributed by atoms with van der Waals surface area (Å²) >= 11 is 23.8. The number of hydrogen-bond acceptors (Lipinski definition) is 2. The predicted octanol–water partition coefficient (Wildman–Crippen LogP) is 3.76. The zero-order valence-corrected chi connectivity index (χ0v) is 11.7. The highest BCUT2D eigenvalue weighted by atomic mass is 35.5. The van der Waals surface area contributed by atoms with Gasteiger partial charge < -0.3 is 15.3 Å². The van der Waals surface area contributed by atoms with Crippen molar-refractivity contribution in [1.82, 2.24) is 0 Å². The molecule has 0 aliphatic heterocycles. The van der Waals surface area contributed by atoms with Gasteiger partial charge in [0.25, 0.3) is 0 Å². The molecule has 2 atom stereocenters. The van der Waals surface area contributed by atoms with Crippen LogP contribution in [-0.4, -0.2) is 25.8 Å². The van der Waals surface area contributed by atoms with Crippen molar-refractivity contribution in [1.29, 1.82) is 0 Å². The number of alkyl halides is 4. The summed E-state index contributed by atoms with van der Waals surface area (Å²) in [6, 6.07) is 6.93. The van der Waals surface area contributed by atoms with Crippen LogP contribution >= 0.6 is 46.4 Å². The number of aliphatic hydroxyl groups is 1. The van der Waals surface area contributed by atoms with E-state index < -0.39 is 20.9 Å². The number of carboxylic acid groups (broad SMARTS) is 2. The molecule has 0 bridgehead atoms. The van der Waals surface area contributed by atoms with Crippen LogP contribution in [0.15, 0.2) is 24.3 Å². The molecule has 1 aliphatic carbocycles. The molecule has 0 amide bonds. The molecule has 0 heterocycles. The number of benzene rings is 1. The van der Waals surface area contributed by atoms with Crippen LogP contribution in [0.5, 0.6) is 0 Å². The molecule has 4 nitrogen and oxygen atoms in total. The first-order chi connectivity index (χ1) is 8.12. The molecule has 0 aromatic heterocycles. The van der Waals surface area contributed by atoms with E-state index in [9.17, 15) is 5.11 Å². The summed E-state index contributed by atoms with van der Waals surface area (Å²) in [6.07, 6.45) is -1.83. The van der Waals surface area contributed by atoms with Gasteiger partial charge in [0.05, 0.1) is 5.38 Å². The van der Waals surface area contributed by atoms with E-state index in [-0.39, 0.29) is 0 Å². The minimum absolute atomic E-state index is 0.465. The van der Waals surface area contributed by atoms with E-state index in [0.717, 1.165) is 0 Å². The highest BCUT2D eigenvalue weighted by Gasteiger charge is 2.60. The summed E-state index contributed by atoms with van der Waals surface area (Å²) in [7, 11) is 0. The van der Waals surface area contributed by atoms with E-state index in [2.05, 4.69) is 0 Å². The lowest BCUT2D eigenvalue weighted by Crippen LogP contribution is -2.35. The maximum absolute atomic E-state index is 9.96. The van der Waals surface area contributed by atoms with Crippen LogP contribution in [0.3, 0.4) is 0 Å². The Hall–Kier alpha value is -0.390. The second-order valence-electron chi connectivity index (χ2n) is 3.48. The van der Waals surface area contributed by atoms with Crippen molar-refractivity contribution in [3.8, 4) is 0 Å². The Labute approximate surface area is 123 Å². The third-order valence-electron chi connectivity index (χ3n) is 2.35. The van der Waals surface area contributed by atoms with Gasteiger partial charge in [-0.1, -0.05) is 59.1 Å². The minimum atomic E-state index is -1.83. The van der Waals surface area contributed by atoms with Crippen molar-refractivity contribution < 1.29 is 20.1 Å². The minimum Gasteiger partial charge on any atom is -0.450 e. The first kappa shape index (κ1) is 15.7. The zero-order chi connectivity index (χ0) is 14.1. The summed E-state index contributed by atoms with van der Waals surface area (Å²) in [5.74, 6) is 0. The molecule has 100 valence electrons. The Morgan fingerprint density at radius 2 is 1.61 bits per heavy atom. The van der Waals surface area contributed by atoms with E-state index in [1.165, 1.54) is 0 Å². The average molecular weight is 334 g/mol. The van der Waals surface area contributed by atoms with Gasteiger partial charge in [0, 0.05) is 5.56 Å². The maximum Gasteiger partial charge on any atom is 0.503 e. The molecule has 0 radical (unpaired) electrons. The summed E-state index contributed by atoms with van der Waals surface area (Å²) in [5.41, 5.74) is 1.13. The van der Waals surface area contributed by atoms with Crippen LogP contribution in [0.25, 0.3) is 0 Å². The van der Waals surface area contributed by atoms with Crippen molar-refractivity contribution in [2.45, 2.75) is 14.8 Å². The van der Waals surface area contributed by atoms with Gasteiger partial charge in [-0.3, -0.25) is 0 Å². The molecule has 3 N–H and O–H groups in total. The van der Waals surface area contributed by atoms with Gasteiger partial charge in [0.15, 0.2) is 9.39 Å². The second kappa shape index (κ2) is 5.31. The molecule has 2 rings (SSSR count). The molecule has 0 spiro atoms. The van der Waals surface area contributed by atoms with Crippen LogP contribution in [0.4, 0.5) is 4.79 Å². The number of hydrogen-bond donors (Lipinski definition) is 3.